The van der Waals surface area contributed by atoms with Crippen LogP contribution in [0.1, 0.15) is 6.42 Å². The zero-order chi connectivity index (χ0) is 15.4. The van der Waals surface area contributed by atoms with Crippen LogP contribution in [-0.4, -0.2) is 54.2 Å². The molecule has 2 N–H and O–H groups in total. The summed E-state index contributed by atoms with van der Waals surface area (Å²) >= 11 is 5.77. The lowest BCUT2D eigenvalue weighted by Gasteiger charge is -2.21. The number of nitrogens with zero attached hydrogens (tertiary/aromatic N) is 1. The number of aliphatic hydroxyl groups excluding tert-OH is 1. The fourth-order valence-corrected chi connectivity index (χ4v) is 2.48. The normalized spacial score (nSPS) is 22.0. The molecule has 0 aromatic heterocycles. The van der Waals surface area contributed by atoms with Gasteiger partial charge in [0.05, 0.1) is 19.8 Å². The van der Waals surface area contributed by atoms with Crippen LogP contribution in [0.5, 0.6) is 0 Å². The Labute approximate surface area is 127 Å². The first-order valence-electron chi connectivity index (χ1n) is 6.55. The van der Waals surface area contributed by atoms with E-state index < -0.39 is 18.1 Å². The Balaban J connectivity index is 1.94. The average Bonchev–Trinajstić information content (AvgIpc) is 2.81. The molecule has 2 unspecified atom stereocenters. The number of rotatable bonds is 4. The van der Waals surface area contributed by atoms with Gasteiger partial charge in [-0.1, -0.05) is 11.6 Å². The molecular weight excluding hydrogens is 296 g/mol. The van der Waals surface area contributed by atoms with Crippen LogP contribution in [-0.2, 0) is 14.3 Å². The van der Waals surface area contributed by atoms with Crippen molar-refractivity contribution in [3.8, 4) is 0 Å². The molecule has 2 rings (SSSR count). The van der Waals surface area contributed by atoms with Crippen LogP contribution in [0.3, 0.4) is 0 Å². The third-order valence-corrected chi connectivity index (χ3v) is 3.58. The van der Waals surface area contributed by atoms with E-state index in [-0.39, 0.29) is 25.4 Å². The van der Waals surface area contributed by atoms with Crippen molar-refractivity contribution < 1.29 is 19.4 Å². The van der Waals surface area contributed by atoms with Crippen molar-refractivity contribution in [2.24, 2.45) is 0 Å². The number of methoxy groups -OCH3 is 1. The molecule has 0 bridgehead atoms. The van der Waals surface area contributed by atoms with Gasteiger partial charge in [-0.3, -0.25) is 14.5 Å². The number of amides is 1. The summed E-state index contributed by atoms with van der Waals surface area (Å²) in [4.78, 5) is 25.2. The lowest BCUT2D eigenvalue weighted by Crippen LogP contribution is -2.41. The summed E-state index contributed by atoms with van der Waals surface area (Å²) in [5.74, 6) is -0.703. The molecule has 2 atom stereocenters. The van der Waals surface area contributed by atoms with Crippen LogP contribution < -0.4 is 5.32 Å². The summed E-state index contributed by atoms with van der Waals surface area (Å²) in [6.45, 7) is 0.285. The highest BCUT2D eigenvalue weighted by molar-refractivity contribution is 6.30. The summed E-state index contributed by atoms with van der Waals surface area (Å²) in [6.07, 6.45) is -0.349. The van der Waals surface area contributed by atoms with Crippen LogP contribution in [0.4, 0.5) is 5.69 Å². The molecule has 6 nitrogen and oxygen atoms in total. The predicted octanol–water partition coefficient (Wildman–Crippen LogP) is 0.887. The van der Waals surface area contributed by atoms with Crippen molar-refractivity contribution in [1.82, 2.24) is 4.90 Å². The van der Waals surface area contributed by atoms with Gasteiger partial charge >= 0.3 is 5.97 Å². The second kappa shape index (κ2) is 6.89. The van der Waals surface area contributed by atoms with Crippen molar-refractivity contribution in [2.75, 3.05) is 25.5 Å². The minimum atomic E-state index is -0.627. The second-order valence-corrected chi connectivity index (χ2v) is 5.35. The molecule has 0 saturated carbocycles. The van der Waals surface area contributed by atoms with E-state index in [9.17, 15) is 14.7 Å². The van der Waals surface area contributed by atoms with Crippen molar-refractivity contribution in [2.45, 2.75) is 18.6 Å². The SMILES string of the molecule is COC(=O)C1CC(O)CN1CC(=O)Nc1ccc(Cl)cc1. The quantitative estimate of drug-likeness (QED) is 0.807. The summed E-state index contributed by atoms with van der Waals surface area (Å²) in [5, 5.41) is 13.0. The standard InChI is InChI=1S/C14H17ClN2O4/c1-21-14(20)12-6-11(18)7-17(12)8-13(19)16-10-4-2-9(15)3-5-10/h2-5,11-12,18H,6-8H2,1H3,(H,16,19). The Morgan fingerprint density at radius 3 is 2.71 bits per heavy atom. The number of hydrogen-bond donors (Lipinski definition) is 2. The van der Waals surface area contributed by atoms with Crippen molar-refractivity contribution in [3.63, 3.8) is 0 Å². The number of β-amino-alcohol motifs (C(OH)–C–C–N with tert-alkyl or cyclic N) is 1. The highest BCUT2D eigenvalue weighted by atomic mass is 35.5. The number of hydrogen-bond acceptors (Lipinski definition) is 5. The first-order valence-corrected chi connectivity index (χ1v) is 6.92. The van der Waals surface area contributed by atoms with E-state index in [0.29, 0.717) is 10.7 Å². The van der Waals surface area contributed by atoms with E-state index in [1.807, 2.05) is 0 Å². The van der Waals surface area contributed by atoms with Crippen molar-refractivity contribution in [3.05, 3.63) is 29.3 Å². The zero-order valence-corrected chi connectivity index (χ0v) is 12.3. The molecule has 0 radical (unpaired) electrons. The topological polar surface area (TPSA) is 78.9 Å². The first kappa shape index (κ1) is 15.8. The van der Waals surface area contributed by atoms with Gasteiger partial charge in [0.1, 0.15) is 6.04 Å². The largest absolute Gasteiger partial charge is 0.468 e. The Kier molecular flexibility index (Phi) is 5.17. The predicted molar refractivity (Wildman–Crippen MR) is 78.1 cm³/mol. The van der Waals surface area contributed by atoms with Gasteiger partial charge in [-0.25, -0.2) is 0 Å². The van der Waals surface area contributed by atoms with Gasteiger partial charge in [-0.2, -0.15) is 0 Å². The van der Waals surface area contributed by atoms with Gasteiger partial charge in [0.25, 0.3) is 0 Å². The van der Waals surface area contributed by atoms with Crippen LogP contribution in [0.25, 0.3) is 0 Å². The summed E-state index contributed by atoms with van der Waals surface area (Å²) < 4.78 is 4.69. The maximum atomic E-state index is 12.0. The lowest BCUT2D eigenvalue weighted by atomic mass is 10.2. The molecule has 1 heterocycles. The maximum absolute atomic E-state index is 12.0. The highest BCUT2D eigenvalue weighted by Gasteiger charge is 2.37. The minimum Gasteiger partial charge on any atom is -0.468 e. The zero-order valence-electron chi connectivity index (χ0n) is 11.6. The number of likely N-dealkylation sites (tertiary alicyclic amines) is 1. The molecule has 0 aliphatic carbocycles. The molecule has 1 amide bonds. The number of halogens is 1. The van der Waals surface area contributed by atoms with E-state index in [2.05, 4.69) is 10.1 Å². The smallest absolute Gasteiger partial charge is 0.323 e. The fourth-order valence-electron chi connectivity index (χ4n) is 2.35. The van der Waals surface area contributed by atoms with Gasteiger partial charge in [0, 0.05) is 23.7 Å². The van der Waals surface area contributed by atoms with Gasteiger partial charge in [-0.05, 0) is 24.3 Å². The number of ether oxygens (including phenoxy) is 1. The number of carbonyl (C=O) groups excluding carboxylic acids is 2. The summed E-state index contributed by atoms with van der Waals surface area (Å²) in [7, 11) is 1.29. The molecule has 1 aromatic carbocycles. The van der Waals surface area contributed by atoms with Crippen LogP contribution >= 0.6 is 11.6 Å². The number of nitrogens with one attached hydrogen (secondary N) is 1. The minimum absolute atomic E-state index is 0.0133. The third kappa shape index (κ3) is 4.17. The highest BCUT2D eigenvalue weighted by Crippen LogP contribution is 2.19. The fraction of sp³-hybridized carbons (Fsp3) is 0.429. The average molecular weight is 313 g/mol. The van der Waals surface area contributed by atoms with Crippen LogP contribution in [0.2, 0.25) is 5.02 Å². The van der Waals surface area contributed by atoms with Gasteiger partial charge in [-0.15, -0.1) is 0 Å². The molecule has 21 heavy (non-hydrogen) atoms. The van der Waals surface area contributed by atoms with Crippen LogP contribution in [0.15, 0.2) is 24.3 Å². The first-order chi connectivity index (χ1) is 9.99. The maximum Gasteiger partial charge on any atom is 0.323 e. The van der Waals surface area contributed by atoms with E-state index >= 15 is 0 Å². The Morgan fingerprint density at radius 1 is 1.43 bits per heavy atom. The number of benzene rings is 1. The van der Waals surface area contributed by atoms with E-state index in [0.717, 1.165) is 0 Å². The van der Waals surface area contributed by atoms with E-state index in [1.165, 1.54) is 7.11 Å². The molecule has 114 valence electrons. The van der Waals surface area contributed by atoms with Crippen molar-refractivity contribution in [1.29, 1.82) is 0 Å². The Hall–Kier alpha value is -1.63. The summed E-state index contributed by atoms with van der Waals surface area (Å²) in [6, 6.07) is 6.15. The molecule has 1 aliphatic heterocycles. The molecule has 0 spiro atoms. The molecule has 1 aliphatic rings. The molecule has 1 fully saturated rings. The van der Waals surface area contributed by atoms with E-state index in [1.54, 1.807) is 29.2 Å². The van der Waals surface area contributed by atoms with Gasteiger partial charge in [0.2, 0.25) is 5.91 Å². The molecule has 7 heteroatoms. The van der Waals surface area contributed by atoms with Crippen molar-refractivity contribution >= 4 is 29.2 Å². The number of esters is 1. The number of anilines is 1. The number of carbonyl (C=O) groups is 2. The Morgan fingerprint density at radius 2 is 2.10 bits per heavy atom. The second-order valence-electron chi connectivity index (χ2n) is 4.91. The Bertz CT molecular complexity index is 520. The van der Waals surface area contributed by atoms with E-state index in [4.69, 9.17) is 11.6 Å². The third-order valence-electron chi connectivity index (χ3n) is 3.33. The monoisotopic (exact) mass is 312 g/mol. The molecule has 1 saturated heterocycles. The number of aliphatic hydroxyl groups is 1. The van der Waals surface area contributed by atoms with Crippen LogP contribution in [0, 0.1) is 0 Å². The lowest BCUT2D eigenvalue weighted by molar-refractivity contribution is -0.146. The molecular formula is C14H17ClN2O4. The molecule has 1 aromatic rings. The van der Waals surface area contributed by atoms with Gasteiger partial charge < -0.3 is 15.2 Å². The van der Waals surface area contributed by atoms with Gasteiger partial charge in [0.15, 0.2) is 0 Å². The summed E-state index contributed by atoms with van der Waals surface area (Å²) in [5.41, 5.74) is 0.624.